The molecule has 1 fully saturated rings. The molecule has 1 saturated heterocycles. The van der Waals surface area contributed by atoms with Gasteiger partial charge in [-0.2, -0.15) is 0 Å². The second kappa shape index (κ2) is 12.9. The number of amides is 2. The molecule has 2 aromatic rings. The molecule has 0 atom stereocenters. The zero-order valence-corrected chi connectivity index (χ0v) is 21.6. The summed E-state index contributed by atoms with van der Waals surface area (Å²) in [5.74, 6) is -1.03. The maximum absolute atomic E-state index is 12.9. The van der Waals surface area contributed by atoms with Crippen LogP contribution in [0.3, 0.4) is 0 Å². The lowest BCUT2D eigenvalue weighted by Gasteiger charge is -2.14. The van der Waals surface area contributed by atoms with Gasteiger partial charge in [0.15, 0.2) is 6.61 Å². The van der Waals surface area contributed by atoms with E-state index in [2.05, 4.69) is 5.32 Å². The van der Waals surface area contributed by atoms with Crippen LogP contribution in [0.2, 0.25) is 10.0 Å². The van der Waals surface area contributed by atoms with E-state index in [0.29, 0.717) is 62.1 Å². The van der Waals surface area contributed by atoms with Crippen molar-refractivity contribution in [2.75, 3.05) is 18.5 Å². The van der Waals surface area contributed by atoms with Crippen molar-refractivity contribution < 1.29 is 24.2 Å². The number of carbonyl (C=O) groups excluding carboxylic acids is 2. The number of rotatable bonds is 11. The van der Waals surface area contributed by atoms with Crippen molar-refractivity contribution in [1.82, 2.24) is 4.90 Å². The number of aliphatic carboxylic acids is 1. The summed E-state index contributed by atoms with van der Waals surface area (Å²) in [6, 6.07) is 11.6. The van der Waals surface area contributed by atoms with Gasteiger partial charge in [-0.25, -0.2) is 0 Å². The van der Waals surface area contributed by atoms with Crippen LogP contribution in [0.1, 0.15) is 31.2 Å². The van der Waals surface area contributed by atoms with Crippen molar-refractivity contribution >= 4 is 81.0 Å². The van der Waals surface area contributed by atoms with Crippen LogP contribution in [-0.4, -0.2) is 45.3 Å². The molecule has 0 unspecified atom stereocenters. The highest BCUT2D eigenvalue weighted by Crippen LogP contribution is 2.35. The Labute approximate surface area is 222 Å². The number of benzene rings is 2. The Kier molecular flexibility index (Phi) is 9.97. The van der Waals surface area contributed by atoms with Crippen molar-refractivity contribution in [3.05, 3.63) is 63.0 Å². The second-order valence-corrected chi connectivity index (χ2v) is 10.1. The number of nitrogens with zero attached hydrogens (tertiary/aromatic N) is 1. The SMILES string of the molecule is O=C(O)CCCCCN1C(=O)/C(=C/c2cc(Cl)ccc2OCC(=O)Nc2ccc(Cl)cc2)SC1=S. The fraction of sp³-hybridized carbons (Fsp3) is 0.250. The van der Waals surface area contributed by atoms with E-state index in [4.69, 9.17) is 45.3 Å². The molecule has 11 heteroatoms. The number of nitrogens with one attached hydrogen (secondary N) is 1. The molecule has 7 nitrogen and oxygen atoms in total. The first kappa shape index (κ1) is 27.0. The van der Waals surface area contributed by atoms with Crippen LogP contribution in [0.25, 0.3) is 6.08 Å². The van der Waals surface area contributed by atoms with Crippen LogP contribution in [0.15, 0.2) is 47.4 Å². The van der Waals surface area contributed by atoms with Crippen LogP contribution >= 0.6 is 47.2 Å². The zero-order chi connectivity index (χ0) is 25.4. The molecule has 35 heavy (non-hydrogen) atoms. The summed E-state index contributed by atoms with van der Waals surface area (Å²) in [4.78, 5) is 37.7. The third-order valence-corrected chi connectivity index (χ3v) is 6.76. The van der Waals surface area contributed by atoms with Crippen molar-refractivity contribution in [2.24, 2.45) is 0 Å². The van der Waals surface area contributed by atoms with Gasteiger partial charge in [0.1, 0.15) is 10.1 Å². The van der Waals surface area contributed by atoms with Crippen LogP contribution in [-0.2, 0) is 14.4 Å². The lowest BCUT2D eigenvalue weighted by atomic mass is 10.1. The Hall–Kier alpha value is -2.59. The molecule has 2 aromatic carbocycles. The van der Waals surface area contributed by atoms with E-state index in [1.54, 1.807) is 48.5 Å². The van der Waals surface area contributed by atoms with E-state index >= 15 is 0 Å². The largest absolute Gasteiger partial charge is 0.483 e. The van der Waals surface area contributed by atoms with Gasteiger partial charge in [-0.3, -0.25) is 19.3 Å². The van der Waals surface area contributed by atoms with Gasteiger partial charge in [0, 0.05) is 34.3 Å². The fourth-order valence-electron chi connectivity index (χ4n) is 3.19. The molecule has 0 spiro atoms. The highest BCUT2D eigenvalue weighted by Gasteiger charge is 2.31. The molecule has 2 amide bonds. The summed E-state index contributed by atoms with van der Waals surface area (Å²) in [5.41, 5.74) is 1.13. The quantitative estimate of drug-likeness (QED) is 0.205. The number of ether oxygens (including phenoxy) is 1. The van der Waals surface area contributed by atoms with Crippen LogP contribution in [0.5, 0.6) is 5.75 Å². The highest BCUT2D eigenvalue weighted by molar-refractivity contribution is 8.26. The molecule has 0 aliphatic carbocycles. The molecular weight excluding hydrogens is 531 g/mol. The molecule has 1 aliphatic heterocycles. The van der Waals surface area contributed by atoms with Crippen molar-refractivity contribution in [3.63, 3.8) is 0 Å². The van der Waals surface area contributed by atoms with Gasteiger partial charge in [-0.1, -0.05) is 53.6 Å². The van der Waals surface area contributed by atoms with Gasteiger partial charge in [0.25, 0.3) is 11.8 Å². The molecule has 3 rings (SSSR count). The van der Waals surface area contributed by atoms with Gasteiger partial charge in [0.05, 0.1) is 4.91 Å². The van der Waals surface area contributed by atoms with E-state index in [9.17, 15) is 14.4 Å². The topological polar surface area (TPSA) is 95.9 Å². The Morgan fingerprint density at radius 2 is 1.80 bits per heavy atom. The minimum atomic E-state index is -0.833. The highest BCUT2D eigenvalue weighted by atomic mass is 35.5. The molecular formula is C24H22Cl2N2O5S2. The molecule has 2 N–H and O–H groups in total. The Morgan fingerprint density at radius 3 is 2.51 bits per heavy atom. The minimum absolute atomic E-state index is 0.105. The number of thiocarbonyl (C=S) groups is 1. The minimum Gasteiger partial charge on any atom is -0.483 e. The third kappa shape index (κ3) is 8.24. The van der Waals surface area contributed by atoms with Gasteiger partial charge in [0.2, 0.25) is 0 Å². The van der Waals surface area contributed by atoms with Crippen molar-refractivity contribution in [1.29, 1.82) is 0 Å². The van der Waals surface area contributed by atoms with Crippen LogP contribution < -0.4 is 10.1 Å². The number of carbonyl (C=O) groups is 3. The third-order valence-electron chi connectivity index (χ3n) is 4.89. The number of unbranched alkanes of at least 4 members (excludes halogenated alkanes) is 2. The normalized spacial score (nSPS) is 14.5. The predicted octanol–water partition coefficient (Wildman–Crippen LogP) is 5.86. The summed E-state index contributed by atoms with van der Waals surface area (Å²) >= 11 is 18.5. The lowest BCUT2D eigenvalue weighted by molar-refractivity contribution is -0.137. The van der Waals surface area contributed by atoms with E-state index < -0.39 is 5.97 Å². The van der Waals surface area contributed by atoms with Crippen LogP contribution in [0.4, 0.5) is 5.69 Å². The predicted molar refractivity (Wildman–Crippen MR) is 143 cm³/mol. The Bertz CT molecular complexity index is 1160. The summed E-state index contributed by atoms with van der Waals surface area (Å²) in [7, 11) is 0. The van der Waals surface area contributed by atoms with Crippen LogP contribution in [0, 0.1) is 0 Å². The molecule has 0 radical (unpaired) electrons. The summed E-state index contributed by atoms with van der Waals surface area (Å²) in [6.45, 7) is 0.174. The first-order valence-electron chi connectivity index (χ1n) is 10.7. The number of thioether (sulfide) groups is 1. The maximum Gasteiger partial charge on any atom is 0.303 e. The van der Waals surface area contributed by atoms with E-state index in [1.165, 1.54) is 16.7 Å². The molecule has 0 aromatic heterocycles. The Balaban J connectivity index is 1.63. The zero-order valence-electron chi connectivity index (χ0n) is 18.5. The number of hydrogen-bond donors (Lipinski definition) is 2. The van der Waals surface area contributed by atoms with Gasteiger partial charge < -0.3 is 15.2 Å². The lowest BCUT2D eigenvalue weighted by Crippen LogP contribution is -2.29. The summed E-state index contributed by atoms with van der Waals surface area (Å²) < 4.78 is 6.14. The van der Waals surface area contributed by atoms with Gasteiger partial charge in [-0.15, -0.1) is 0 Å². The van der Waals surface area contributed by atoms with Crippen molar-refractivity contribution in [2.45, 2.75) is 25.7 Å². The average molecular weight is 553 g/mol. The molecule has 0 saturated carbocycles. The number of anilines is 1. The molecule has 184 valence electrons. The number of carboxylic acids is 1. The summed E-state index contributed by atoms with van der Waals surface area (Å²) in [5, 5.41) is 12.5. The van der Waals surface area contributed by atoms with E-state index in [1.807, 2.05) is 0 Å². The smallest absolute Gasteiger partial charge is 0.303 e. The first-order valence-corrected chi connectivity index (χ1v) is 12.7. The second-order valence-electron chi connectivity index (χ2n) is 7.56. The maximum atomic E-state index is 12.9. The van der Waals surface area contributed by atoms with Gasteiger partial charge >= 0.3 is 5.97 Å². The monoisotopic (exact) mass is 552 g/mol. The first-order chi connectivity index (χ1) is 16.7. The van der Waals surface area contributed by atoms with Crippen molar-refractivity contribution in [3.8, 4) is 5.75 Å². The fourth-order valence-corrected chi connectivity index (χ4v) is 4.80. The number of hydrogen-bond acceptors (Lipinski definition) is 6. The molecule has 1 aliphatic rings. The Morgan fingerprint density at radius 1 is 1.09 bits per heavy atom. The molecule has 1 heterocycles. The van der Waals surface area contributed by atoms with E-state index in [-0.39, 0.29) is 24.8 Å². The number of carboxylic acid groups (broad SMARTS) is 1. The van der Waals surface area contributed by atoms with E-state index in [0.717, 1.165) is 0 Å². The molecule has 0 bridgehead atoms. The summed E-state index contributed by atoms with van der Waals surface area (Å²) in [6.07, 6.45) is 3.64. The standard InChI is InChI=1S/C24H22Cl2N2O5S2/c25-16-5-8-18(9-6-16)27-21(29)14-33-19-10-7-17(26)12-15(19)13-20-23(32)28(24(34)35-20)11-3-1-2-4-22(30)31/h5-10,12-13H,1-4,11,14H2,(H,27,29)(H,30,31)/b20-13-. The average Bonchev–Trinajstić information content (AvgIpc) is 3.07. The van der Waals surface area contributed by atoms with Gasteiger partial charge in [-0.05, 0) is 61.4 Å². The number of halogens is 2.